The summed E-state index contributed by atoms with van der Waals surface area (Å²) in [5, 5.41) is 28.5. The molecule has 1 aromatic carbocycles. The van der Waals surface area contributed by atoms with Crippen LogP contribution < -0.4 is 10.2 Å². The lowest BCUT2D eigenvalue weighted by atomic mass is 9.78. The summed E-state index contributed by atoms with van der Waals surface area (Å²) in [6, 6.07) is 2.58. The lowest BCUT2D eigenvalue weighted by Gasteiger charge is -2.07. The van der Waals surface area contributed by atoms with Crippen LogP contribution in [0, 0.1) is 10.1 Å². The lowest BCUT2D eigenvalue weighted by Crippen LogP contribution is -2.33. The second kappa shape index (κ2) is 4.48. The number of nitro benzene ring substituents is 1. The maximum atomic E-state index is 10.7. The summed E-state index contributed by atoms with van der Waals surface area (Å²) >= 11 is 5.62. The molecule has 0 bridgehead atoms. The first-order chi connectivity index (χ1) is 6.99. The molecule has 0 saturated heterocycles. The first-order valence-electron chi connectivity index (χ1n) is 3.86. The summed E-state index contributed by atoms with van der Waals surface area (Å²) in [6.07, 6.45) is 0. The maximum Gasteiger partial charge on any atom is 0.497 e. The summed E-state index contributed by atoms with van der Waals surface area (Å²) < 4.78 is 4.73. The highest BCUT2D eigenvalue weighted by Crippen LogP contribution is 2.27. The summed E-state index contributed by atoms with van der Waals surface area (Å²) in [4.78, 5) is 9.92. The zero-order valence-electron chi connectivity index (χ0n) is 7.68. The third kappa shape index (κ3) is 2.20. The highest BCUT2D eigenvalue weighted by molar-refractivity contribution is 6.64. The molecule has 8 heteroatoms. The average molecular weight is 231 g/mol. The minimum Gasteiger partial charge on any atom is -0.490 e. The minimum absolute atomic E-state index is 0.0764. The third-order valence-corrected chi connectivity index (χ3v) is 2.12. The molecule has 0 aromatic heterocycles. The van der Waals surface area contributed by atoms with Crippen LogP contribution in [0.5, 0.6) is 5.75 Å². The van der Waals surface area contributed by atoms with Gasteiger partial charge in [0.25, 0.3) is 0 Å². The predicted octanol–water partition coefficient (Wildman–Crippen LogP) is -0.0634. The number of hydrogen-bond donors (Lipinski definition) is 2. The van der Waals surface area contributed by atoms with Gasteiger partial charge in [0.1, 0.15) is 0 Å². The number of nitro groups is 1. The second-order valence-electron chi connectivity index (χ2n) is 2.64. The molecule has 0 radical (unpaired) electrons. The smallest absolute Gasteiger partial charge is 0.490 e. The molecule has 1 rings (SSSR count). The van der Waals surface area contributed by atoms with Gasteiger partial charge in [-0.1, -0.05) is 11.6 Å². The fraction of sp³-hybridized carbons (Fsp3) is 0.143. The van der Waals surface area contributed by atoms with Gasteiger partial charge in [-0.15, -0.1) is 0 Å². The summed E-state index contributed by atoms with van der Waals surface area (Å²) in [7, 11) is -0.781. The Labute approximate surface area is 90.3 Å². The van der Waals surface area contributed by atoms with Crippen molar-refractivity contribution in [1.82, 2.24) is 0 Å². The van der Waals surface area contributed by atoms with Gasteiger partial charge in [-0.2, -0.15) is 0 Å². The predicted molar refractivity (Wildman–Crippen MR) is 54.5 cm³/mol. The Bertz CT molecular complexity index is 397. The zero-order chi connectivity index (χ0) is 11.6. The normalized spacial score (nSPS) is 9.87. The monoisotopic (exact) mass is 231 g/mol. The highest BCUT2D eigenvalue weighted by atomic mass is 35.5. The van der Waals surface area contributed by atoms with Crippen molar-refractivity contribution in [2.45, 2.75) is 0 Å². The van der Waals surface area contributed by atoms with Crippen molar-refractivity contribution in [3.8, 4) is 5.75 Å². The van der Waals surface area contributed by atoms with Gasteiger partial charge >= 0.3 is 12.8 Å². The van der Waals surface area contributed by atoms with Crippen LogP contribution in [0.4, 0.5) is 5.69 Å². The molecule has 6 nitrogen and oxygen atoms in total. The Hall–Kier alpha value is -1.31. The van der Waals surface area contributed by atoms with Crippen molar-refractivity contribution in [2.75, 3.05) is 7.11 Å². The van der Waals surface area contributed by atoms with Gasteiger partial charge in [0, 0.05) is 5.02 Å². The number of halogens is 1. The third-order valence-electron chi connectivity index (χ3n) is 1.79. The van der Waals surface area contributed by atoms with E-state index in [1.807, 2.05) is 0 Å². The van der Waals surface area contributed by atoms with Crippen LogP contribution in [0.25, 0.3) is 0 Å². The number of rotatable bonds is 3. The molecule has 15 heavy (non-hydrogen) atoms. The van der Waals surface area contributed by atoms with Crippen LogP contribution in [0.1, 0.15) is 0 Å². The fourth-order valence-electron chi connectivity index (χ4n) is 1.16. The average Bonchev–Trinajstić information content (AvgIpc) is 2.16. The van der Waals surface area contributed by atoms with Crippen LogP contribution in [-0.4, -0.2) is 29.2 Å². The quantitative estimate of drug-likeness (QED) is 0.432. The fourth-order valence-corrected chi connectivity index (χ4v) is 1.41. The van der Waals surface area contributed by atoms with Crippen LogP contribution in [0.15, 0.2) is 12.1 Å². The standard InChI is InChI=1S/C7H7BClNO5/c1-15-5-3-2-4(9)6(8(11)12)7(5)10(13)14/h2-3,11-12H,1H3. The Morgan fingerprint density at radius 3 is 2.53 bits per heavy atom. The number of methoxy groups -OCH3 is 1. The van der Waals surface area contributed by atoms with E-state index in [1.54, 1.807) is 0 Å². The molecular weight excluding hydrogens is 224 g/mol. The molecular formula is C7H7BClNO5. The van der Waals surface area contributed by atoms with Gasteiger partial charge in [0.15, 0.2) is 5.75 Å². The van der Waals surface area contributed by atoms with Gasteiger partial charge in [0.2, 0.25) is 0 Å². The highest BCUT2D eigenvalue weighted by Gasteiger charge is 2.31. The molecule has 0 spiro atoms. The Morgan fingerprint density at radius 1 is 1.53 bits per heavy atom. The van der Waals surface area contributed by atoms with Gasteiger partial charge in [-0.25, -0.2) is 0 Å². The topological polar surface area (TPSA) is 92.8 Å². The molecule has 0 heterocycles. The van der Waals surface area contributed by atoms with E-state index in [9.17, 15) is 10.1 Å². The van der Waals surface area contributed by atoms with E-state index in [2.05, 4.69) is 0 Å². The number of benzene rings is 1. The van der Waals surface area contributed by atoms with Gasteiger partial charge in [-0.3, -0.25) is 10.1 Å². The van der Waals surface area contributed by atoms with Crippen molar-refractivity contribution >= 4 is 29.9 Å². The van der Waals surface area contributed by atoms with E-state index in [1.165, 1.54) is 19.2 Å². The van der Waals surface area contributed by atoms with Crippen LogP contribution in [0.2, 0.25) is 5.02 Å². The number of hydrogen-bond acceptors (Lipinski definition) is 5. The Morgan fingerprint density at radius 2 is 2.13 bits per heavy atom. The molecule has 0 unspecified atom stereocenters. The molecule has 1 aromatic rings. The van der Waals surface area contributed by atoms with E-state index >= 15 is 0 Å². The summed E-state index contributed by atoms with van der Waals surface area (Å²) in [5.74, 6) is -0.0764. The molecule has 2 N–H and O–H groups in total. The van der Waals surface area contributed by atoms with Gasteiger partial charge in [0.05, 0.1) is 17.5 Å². The minimum atomic E-state index is -2.02. The SMILES string of the molecule is COc1ccc(Cl)c(B(O)O)c1[N+](=O)[O-]. The summed E-state index contributed by atoms with van der Waals surface area (Å²) in [6.45, 7) is 0. The van der Waals surface area contributed by atoms with Gasteiger partial charge < -0.3 is 14.8 Å². The largest absolute Gasteiger partial charge is 0.497 e. The molecule has 0 fully saturated rings. The van der Waals surface area contributed by atoms with Crippen LogP contribution in [-0.2, 0) is 0 Å². The van der Waals surface area contributed by atoms with Crippen LogP contribution in [0.3, 0.4) is 0 Å². The molecule has 0 saturated carbocycles. The van der Waals surface area contributed by atoms with E-state index in [-0.39, 0.29) is 16.2 Å². The maximum absolute atomic E-state index is 10.7. The van der Waals surface area contributed by atoms with Crippen LogP contribution >= 0.6 is 11.6 Å². The van der Waals surface area contributed by atoms with E-state index in [0.717, 1.165) is 0 Å². The second-order valence-corrected chi connectivity index (χ2v) is 3.05. The number of nitrogens with zero attached hydrogens (tertiary/aromatic N) is 1. The lowest BCUT2D eigenvalue weighted by molar-refractivity contribution is -0.384. The molecule has 0 aliphatic carbocycles. The van der Waals surface area contributed by atoms with Crippen molar-refractivity contribution in [1.29, 1.82) is 0 Å². The molecule has 0 amide bonds. The van der Waals surface area contributed by atoms with E-state index in [0.29, 0.717) is 0 Å². The zero-order valence-corrected chi connectivity index (χ0v) is 8.43. The number of ether oxygens (including phenoxy) is 1. The molecule has 80 valence electrons. The Kier molecular flexibility index (Phi) is 3.51. The van der Waals surface area contributed by atoms with Crippen molar-refractivity contribution < 1.29 is 19.7 Å². The van der Waals surface area contributed by atoms with Crippen molar-refractivity contribution in [2.24, 2.45) is 0 Å². The molecule has 0 aliphatic heterocycles. The van der Waals surface area contributed by atoms with Crippen molar-refractivity contribution in [3.63, 3.8) is 0 Å². The van der Waals surface area contributed by atoms with Crippen molar-refractivity contribution in [3.05, 3.63) is 27.3 Å². The van der Waals surface area contributed by atoms with Gasteiger partial charge in [-0.05, 0) is 12.1 Å². The first kappa shape index (κ1) is 11.8. The molecule has 0 aliphatic rings. The van der Waals surface area contributed by atoms with E-state index < -0.39 is 17.7 Å². The van der Waals surface area contributed by atoms with E-state index in [4.69, 9.17) is 26.4 Å². The first-order valence-corrected chi connectivity index (χ1v) is 4.23. The Balaban J connectivity index is 3.51. The summed E-state index contributed by atoms with van der Waals surface area (Å²) in [5.41, 5.74) is -0.916. The molecule has 0 atom stereocenters.